The lowest BCUT2D eigenvalue weighted by Crippen LogP contribution is -2.05. The number of nitro benzene ring substituents is 1. The highest BCUT2D eigenvalue weighted by molar-refractivity contribution is 9.10. The van der Waals surface area contributed by atoms with Crippen molar-refractivity contribution in [3.05, 3.63) is 68.2 Å². The first-order chi connectivity index (χ1) is 10.3. The van der Waals surface area contributed by atoms with Gasteiger partial charge in [-0.15, -0.1) is 0 Å². The van der Waals surface area contributed by atoms with E-state index in [1.54, 1.807) is 6.07 Å². The SMILES string of the molecule is O=[N+]([O-])c1cccc(Br)c1OCc1ccc(C(F)(F)F)cc1. The summed E-state index contributed by atoms with van der Waals surface area (Å²) in [6, 6.07) is 8.77. The van der Waals surface area contributed by atoms with Gasteiger partial charge in [0.15, 0.2) is 0 Å². The Morgan fingerprint density at radius 3 is 2.32 bits per heavy atom. The third-order valence-electron chi connectivity index (χ3n) is 2.81. The molecule has 0 aliphatic heterocycles. The molecule has 0 saturated carbocycles. The van der Waals surface area contributed by atoms with Crippen LogP contribution < -0.4 is 4.74 Å². The standard InChI is InChI=1S/C14H9BrF3NO3/c15-11-2-1-3-12(19(20)21)13(11)22-8-9-4-6-10(7-5-9)14(16,17)18/h1-7H,8H2. The van der Waals surface area contributed by atoms with E-state index in [2.05, 4.69) is 15.9 Å². The van der Waals surface area contributed by atoms with Gasteiger partial charge in [-0.3, -0.25) is 10.1 Å². The van der Waals surface area contributed by atoms with Crippen molar-refractivity contribution in [2.75, 3.05) is 0 Å². The van der Waals surface area contributed by atoms with Crippen LogP contribution in [0.4, 0.5) is 18.9 Å². The number of ether oxygens (including phenoxy) is 1. The molecule has 0 fully saturated rings. The fraction of sp³-hybridized carbons (Fsp3) is 0.143. The number of para-hydroxylation sites is 1. The summed E-state index contributed by atoms with van der Waals surface area (Å²) in [6.45, 7) is -0.0818. The van der Waals surface area contributed by atoms with Crippen molar-refractivity contribution >= 4 is 21.6 Å². The summed E-state index contributed by atoms with van der Waals surface area (Å²) in [5.74, 6) is 0.0346. The molecule has 4 nitrogen and oxygen atoms in total. The molecule has 0 aliphatic carbocycles. The third-order valence-corrected chi connectivity index (χ3v) is 3.43. The zero-order valence-corrected chi connectivity index (χ0v) is 12.5. The van der Waals surface area contributed by atoms with Gasteiger partial charge in [-0.1, -0.05) is 18.2 Å². The molecule has 0 unspecified atom stereocenters. The maximum atomic E-state index is 12.5. The summed E-state index contributed by atoms with van der Waals surface area (Å²) in [5, 5.41) is 10.9. The molecule has 116 valence electrons. The smallest absolute Gasteiger partial charge is 0.416 e. The number of halogens is 4. The third kappa shape index (κ3) is 3.76. The van der Waals surface area contributed by atoms with Gasteiger partial charge >= 0.3 is 11.9 Å². The predicted molar refractivity (Wildman–Crippen MR) is 76.6 cm³/mol. The summed E-state index contributed by atoms with van der Waals surface area (Å²) < 4.78 is 43.1. The van der Waals surface area contributed by atoms with E-state index >= 15 is 0 Å². The van der Waals surface area contributed by atoms with Crippen LogP contribution in [0.3, 0.4) is 0 Å². The van der Waals surface area contributed by atoms with E-state index in [1.165, 1.54) is 24.3 Å². The quantitative estimate of drug-likeness (QED) is 0.560. The number of benzene rings is 2. The average Bonchev–Trinajstić information content (AvgIpc) is 2.45. The Morgan fingerprint density at radius 2 is 1.77 bits per heavy atom. The first-order valence-corrected chi connectivity index (χ1v) is 6.80. The summed E-state index contributed by atoms with van der Waals surface area (Å²) in [5.41, 5.74) is -0.512. The molecule has 0 radical (unpaired) electrons. The first-order valence-electron chi connectivity index (χ1n) is 6.01. The zero-order chi connectivity index (χ0) is 16.3. The molecule has 0 spiro atoms. The zero-order valence-electron chi connectivity index (χ0n) is 10.9. The minimum Gasteiger partial charge on any atom is -0.481 e. The Labute approximate surface area is 131 Å². The van der Waals surface area contributed by atoms with E-state index in [1.807, 2.05) is 0 Å². The fourth-order valence-electron chi connectivity index (χ4n) is 1.73. The molecule has 0 heterocycles. The number of hydrogen-bond acceptors (Lipinski definition) is 3. The van der Waals surface area contributed by atoms with Gasteiger partial charge < -0.3 is 4.74 Å². The van der Waals surface area contributed by atoms with Gasteiger partial charge in [0.1, 0.15) is 6.61 Å². The molecule has 0 saturated heterocycles. The van der Waals surface area contributed by atoms with E-state index in [-0.39, 0.29) is 18.0 Å². The van der Waals surface area contributed by atoms with Gasteiger partial charge in [0.2, 0.25) is 5.75 Å². The number of alkyl halides is 3. The molecule has 0 atom stereocenters. The van der Waals surface area contributed by atoms with Gasteiger partial charge in [0.05, 0.1) is 15.0 Å². The van der Waals surface area contributed by atoms with Crippen molar-refractivity contribution in [3.63, 3.8) is 0 Å². The molecule has 0 bridgehead atoms. The Kier molecular flexibility index (Phi) is 4.70. The first kappa shape index (κ1) is 16.3. The largest absolute Gasteiger partial charge is 0.481 e. The maximum absolute atomic E-state index is 12.5. The molecule has 22 heavy (non-hydrogen) atoms. The van der Waals surface area contributed by atoms with E-state index in [0.717, 1.165) is 12.1 Å². The molecule has 0 N–H and O–H groups in total. The Hall–Kier alpha value is -2.09. The van der Waals surface area contributed by atoms with Crippen LogP contribution in [0.15, 0.2) is 46.9 Å². The predicted octanol–water partition coefficient (Wildman–Crippen LogP) is 4.96. The van der Waals surface area contributed by atoms with E-state index in [0.29, 0.717) is 10.0 Å². The number of nitro groups is 1. The second-order valence-electron chi connectivity index (χ2n) is 4.33. The van der Waals surface area contributed by atoms with Crippen molar-refractivity contribution in [2.24, 2.45) is 0 Å². The molecule has 2 aromatic carbocycles. The highest BCUT2D eigenvalue weighted by Gasteiger charge is 2.30. The monoisotopic (exact) mass is 375 g/mol. The van der Waals surface area contributed by atoms with Crippen LogP contribution in [0.1, 0.15) is 11.1 Å². The van der Waals surface area contributed by atoms with Crippen LogP contribution >= 0.6 is 15.9 Å². The lowest BCUT2D eigenvalue weighted by molar-refractivity contribution is -0.386. The van der Waals surface area contributed by atoms with Crippen LogP contribution in [0, 0.1) is 10.1 Å². The lowest BCUT2D eigenvalue weighted by Gasteiger charge is -2.10. The molecule has 2 aromatic rings. The van der Waals surface area contributed by atoms with Crippen molar-refractivity contribution < 1.29 is 22.8 Å². The van der Waals surface area contributed by atoms with Gasteiger partial charge in [-0.25, -0.2) is 0 Å². The normalized spacial score (nSPS) is 11.3. The molecule has 0 aliphatic rings. The highest BCUT2D eigenvalue weighted by Crippen LogP contribution is 2.35. The van der Waals surface area contributed by atoms with Crippen molar-refractivity contribution in [1.82, 2.24) is 0 Å². The molecule has 0 amide bonds. The second kappa shape index (κ2) is 6.35. The molecular formula is C14H9BrF3NO3. The molecule has 8 heteroatoms. The minimum absolute atomic E-state index is 0.0346. The van der Waals surface area contributed by atoms with Gasteiger partial charge in [0, 0.05) is 6.07 Å². The lowest BCUT2D eigenvalue weighted by atomic mass is 10.1. The van der Waals surface area contributed by atoms with Crippen LogP contribution in [0.25, 0.3) is 0 Å². The summed E-state index contributed by atoms with van der Waals surface area (Å²) in [6.07, 6.45) is -4.40. The topological polar surface area (TPSA) is 52.4 Å². The average molecular weight is 376 g/mol. The summed E-state index contributed by atoms with van der Waals surface area (Å²) >= 11 is 3.15. The summed E-state index contributed by atoms with van der Waals surface area (Å²) in [4.78, 5) is 10.3. The minimum atomic E-state index is -4.40. The Balaban J connectivity index is 2.16. The van der Waals surface area contributed by atoms with Crippen molar-refractivity contribution in [1.29, 1.82) is 0 Å². The second-order valence-corrected chi connectivity index (χ2v) is 5.18. The van der Waals surface area contributed by atoms with E-state index in [4.69, 9.17) is 4.74 Å². The van der Waals surface area contributed by atoms with Crippen molar-refractivity contribution in [3.8, 4) is 5.75 Å². The van der Waals surface area contributed by atoms with Gasteiger partial charge in [0.25, 0.3) is 0 Å². The fourth-order valence-corrected chi connectivity index (χ4v) is 2.20. The van der Waals surface area contributed by atoms with Gasteiger partial charge in [-0.2, -0.15) is 13.2 Å². The van der Waals surface area contributed by atoms with Crippen molar-refractivity contribution in [2.45, 2.75) is 12.8 Å². The number of hydrogen-bond donors (Lipinski definition) is 0. The molecule has 0 aromatic heterocycles. The van der Waals surface area contributed by atoms with Crippen LogP contribution in [0.2, 0.25) is 0 Å². The Morgan fingerprint density at radius 1 is 1.14 bits per heavy atom. The van der Waals surface area contributed by atoms with Gasteiger partial charge in [-0.05, 0) is 39.7 Å². The summed E-state index contributed by atoms with van der Waals surface area (Å²) in [7, 11) is 0. The highest BCUT2D eigenvalue weighted by atomic mass is 79.9. The van der Waals surface area contributed by atoms with Crippen LogP contribution in [0.5, 0.6) is 5.75 Å². The maximum Gasteiger partial charge on any atom is 0.416 e. The van der Waals surface area contributed by atoms with Crippen LogP contribution in [-0.4, -0.2) is 4.92 Å². The molecule has 2 rings (SSSR count). The van der Waals surface area contributed by atoms with Crippen LogP contribution in [-0.2, 0) is 12.8 Å². The number of nitrogens with zero attached hydrogens (tertiary/aromatic N) is 1. The molecular weight excluding hydrogens is 367 g/mol. The van der Waals surface area contributed by atoms with E-state index in [9.17, 15) is 23.3 Å². The number of rotatable bonds is 4. The Bertz CT molecular complexity index is 687. The van der Waals surface area contributed by atoms with E-state index < -0.39 is 16.7 Å².